The highest BCUT2D eigenvalue weighted by Gasteiger charge is 2.20. The van der Waals surface area contributed by atoms with Gasteiger partial charge in [0.2, 0.25) is 0 Å². The lowest BCUT2D eigenvalue weighted by Crippen LogP contribution is -2.34. The highest BCUT2D eigenvalue weighted by Crippen LogP contribution is 2.29. The van der Waals surface area contributed by atoms with Crippen LogP contribution in [0, 0.1) is 0 Å². The molecule has 0 fully saturated rings. The van der Waals surface area contributed by atoms with Crippen molar-refractivity contribution >= 4 is 6.09 Å². The number of carbonyl (C=O) groups excluding carboxylic acids is 1. The molecule has 0 saturated carbocycles. The van der Waals surface area contributed by atoms with Gasteiger partial charge in [-0.1, -0.05) is 0 Å². The molecule has 20 heavy (non-hydrogen) atoms. The largest absolute Gasteiger partial charge is 0.497 e. The summed E-state index contributed by atoms with van der Waals surface area (Å²) in [4.78, 5) is 11.8. The third kappa shape index (κ3) is 4.64. The third-order valence-electron chi connectivity index (χ3n) is 2.64. The van der Waals surface area contributed by atoms with E-state index in [1.807, 2.05) is 39.8 Å². The molecule has 0 bridgehead atoms. The van der Waals surface area contributed by atoms with Gasteiger partial charge in [0.1, 0.15) is 17.1 Å². The minimum Gasteiger partial charge on any atom is -0.497 e. The Balaban J connectivity index is 2.81. The summed E-state index contributed by atoms with van der Waals surface area (Å²) in [6.07, 6.45) is -0.456. The first kappa shape index (κ1) is 16.1. The minimum absolute atomic E-state index is 0.231. The van der Waals surface area contributed by atoms with Crippen molar-refractivity contribution in [3.8, 4) is 11.5 Å². The smallest absolute Gasteiger partial charge is 0.408 e. The molecular formula is C15H23NO4. The van der Waals surface area contributed by atoms with Crippen LogP contribution in [0.3, 0.4) is 0 Å². The number of amides is 1. The Morgan fingerprint density at radius 2 is 1.85 bits per heavy atom. The summed E-state index contributed by atoms with van der Waals surface area (Å²) in [6.45, 7) is 7.34. The summed E-state index contributed by atoms with van der Waals surface area (Å²) in [5.74, 6) is 1.36. The molecule has 0 aromatic heterocycles. The van der Waals surface area contributed by atoms with Crippen LogP contribution in [0.2, 0.25) is 0 Å². The number of hydrogen-bond acceptors (Lipinski definition) is 4. The molecule has 0 aliphatic heterocycles. The summed E-state index contributed by atoms with van der Waals surface area (Å²) in [6, 6.07) is 5.23. The number of methoxy groups -OCH3 is 2. The van der Waals surface area contributed by atoms with Crippen molar-refractivity contribution < 1.29 is 19.0 Å². The highest BCUT2D eigenvalue weighted by atomic mass is 16.6. The number of benzene rings is 1. The Morgan fingerprint density at radius 3 is 2.35 bits per heavy atom. The fourth-order valence-corrected chi connectivity index (χ4v) is 1.74. The molecule has 5 nitrogen and oxygen atoms in total. The van der Waals surface area contributed by atoms with E-state index in [4.69, 9.17) is 14.2 Å². The van der Waals surface area contributed by atoms with Gasteiger partial charge in [-0.25, -0.2) is 4.79 Å². The zero-order chi connectivity index (χ0) is 15.3. The van der Waals surface area contributed by atoms with E-state index in [1.165, 1.54) is 0 Å². The molecule has 0 spiro atoms. The van der Waals surface area contributed by atoms with Crippen molar-refractivity contribution in [2.75, 3.05) is 14.2 Å². The van der Waals surface area contributed by atoms with E-state index >= 15 is 0 Å². The van der Waals surface area contributed by atoms with Crippen molar-refractivity contribution in [1.29, 1.82) is 0 Å². The zero-order valence-corrected chi connectivity index (χ0v) is 12.9. The predicted molar refractivity (Wildman–Crippen MR) is 77.3 cm³/mol. The Hall–Kier alpha value is -1.91. The average molecular weight is 281 g/mol. The molecular weight excluding hydrogens is 258 g/mol. The van der Waals surface area contributed by atoms with Gasteiger partial charge in [-0.3, -0.25) is 0 Å². The maximum atomic E-state index is 11.8. The number of alkyl carbamates (subject to hydrolysis) is 1. The molecule has 1 amide bonds. The van der Waals surface area contributed by atoms with Crippen LogP contribution < -0.4 is 14.8 Å². The summed E-state index contributed by atoms with van der Waals surface area (Å²) < 4.78 is 15.7. The third-order valence-corrected chi connectivity index (χ3v) is 2.64. The van der Waals surface area contributed by atoms with Gasteiger partial charge in [0.15, 0.2) is 0 Å². The van der Waals surface area contributed by atoms with Crippen LogP contribution in [-0.2, 0) is 4.74 Å². The van der Waals surface area contributed by atoms with E-state index in [-0.39, 0.29) is 6.04 Å². The first-order valence-corrected chi connectivity index (χ1v) is 6.48. The number of hydrogen-bond donors (Lipinski definition) is 1. The molecule has 0 aliphatic rings. The number of nitrogens with one attached hydrogen (secondary N) is 1. The van der Waals surface area contributed by atoms with Crippen LogP contribution in [0.15, 0.2) is 18.2 Å². The second-order valence-electron chi connectivity index (χ2n) is 5.48. The monoisotopic (exact) mass is 281 g/mol. The summed E-state index contributed by atoms with van der Waals surface area (Å²) in [5.41, 5.74) is 0.340. The van der Waals surface area contributed by atoms with Gasteiger partial charge in [0.25, 0.3) is 0 Å². The second kappa shape index (κ2) is 6.50. The first-order chi connectivity index (χ1) is 9.26. The van der Waals surface area contributed by atoms with Gasteiger partial charge < -0.3 is 19.5 Å². The first-order valence-electron chi connectivity index (χ1n) is 6.48. The Labute approximate surface area is 120 Å². The van der Waals surface area contributed by atoms with Gasteiger partial charge in [0, 0.05) is 11.6 Å². The summed E-state index contributed by atoms with van der Waals surface area (Å²) in [5, 5.41) is 2.78. The van der Waals surface area contributed by atoms with E-state index in [2.05, 4.69) is 5.32 Å². The standard InChI is InChI=1S/C15H23NO4/c1-10(16-14(17)20-15(2,3)4)12-8-7-11(18-5)9-13(12)19-6/h7-10H,1-6H3,(H,16,17). The molecule has 1 aromatic rings. The molecule has 0 heterocycles. The number of carbonyl (C=O) groups is 1. The van der Waals surface area contributed by atoms with Crippen LogP contribution in [0.1, 0.15) is 39.3 Å². The molecule has 0 saturated heterocycles. The van der Waals surface area contributed by atoms with Gasteiger partial charge in [0.05, 0.1) is 20.3 Å². The van der Waals surface area contributed by atoms with E-state index < -0.39 is 11.7 Å². The van der Waals surface area contributed by atoms with Gasteiger partial charge >= 0.3 is 6.09 Å². The Bertz CT molecular complexity index is 465. The minimum atomic E-state index is -0.520. The van der Waals surface area contributed by atoms with Crippen LogP contribution in [-0.4, -0.2) is 25.9 Å². The van der Waals surface area contributed by atoms with Crippen molar-refractivity contribution in [1.82, 2.24) is 5.32 Å². The lowest BCUT2D eigenvalue weighted by atomic mass is 10.1. The van der Waals surface area contributed by atoms with Crippen molar-refractivity contribution in [2.24, 2.45) is 0 Å². The predicted octanol–water partition coefficient (Wildman–Crippen LogP) is 3.29. The van der Waals surface area contributed by atoms with Crippen molar-refractivity contribution in [3.05, 3.63) is 23.8 Å². The van der Waals surface area contributed by atoms with Crippen LogP contribution in [0.4, 0.5) is 4.79 Å². The Morgan fingerprint density at radius 1 is 1.20 bits per heavy atom. The molecule has 1 atom stereocenters. The maximum absolute atomic E-state index is 11.8. The lowest BCUT2D eigenvalue weighted by molar-refractivity contribution is 0.0507. The quantitative estimate of drug-likeness (QED) is 0.920. The van der Waals surface area contributed by atoms with E-state index in [0.29, 0.717) is 11.5 Å². The molecule has 1 unspecified atom stereocenters. The summed E-state index contributed by atoms with van der Waals surface area (Å²) in [7, 11) is 3.18. The van der Waals surface area contributed by atoms with E-state index in [0.717, 1.165) is 5.56 Å². The normalized spacial score (nSPS) is 12.5. The molecule has 0 aliphatic carbocycles. The molecule has 1 rings (SSSR count). The number of rotatable bonds is 4. The van der Waals surface area contributed by atoms with Crippen LogP contribution in [0.25, 0.3) is 0 Å². The Kier molecular flexibility index (Phi) is 5.25. The van der Waals surface area contributed by atoms with Gasteiger partial charge in [-0.2, -0.15) is 0 Å². The molecule has 1 aromatic carbocycles. The zero-order valence-electron chi connectivity index (χ0n) is 12.9. The van der Waals surface area contributed by atoms with E-state index in [9.17, 15) is 4.79 Å². The number of ether oxygens (including phenoxy) is 3. The SMILES string of the molecule is COc1ccc(C(C)NC(=O)OC(C)(C)C)c(OC)c1. The summed E-state index contributed by atoms with van der Waals surface area (Å²) >= 11 is 0. The second-order valence-corrected chi connectivity index (χ2v) is 5.48. The van der Waals surface area contributed by atoms with Gasteiger partial charge in [-0.15, -0.1) is 0 Å². The molecule has 112 valence electrons. The molecule has 5 heteroatoms. The lowest BCUT2D eigenvalue weighted by Gasteiger charge is -2.23. The van der Waals surface area contributed by atoms with Gasteiger partial charge in [-0.05, 0) is 39.8 Å². The fraction of sp³-hybridized carbons (Fsp3) is 0.533. The van der Waals surface area contributed by atoms with Crippen LogP contribution >= 0.6 is 0 Å². The van der Waals surface area contributed by atoms with Crippen molar-refractivity contribution in [2.45, 2.75) is 39.3 Å². The molecule has 1 N–H and O–H groups in total. The topological polar surface area (TPSA) is 56.8 Å². The highest BCUT2D eigenvalue weighted by molar-refractivity contribution is 5.68. The average Bonchev–Trinajstić information content (AvgIpc) is 2.35. The van der Waals surface area contributed by atoms with Crippen molar-refractivity contribution in [3.63, 3.8) is 0 Å². The maximum Gasteiger partial charge on any atom is 0.408 e. The van der Waals surface area contributed by atoms with Crippen LogP contribution in [0.5, 0.6) is 11.5 Å². The van der Waals surface area contributed by atoms with E-state index in [1.54, 1.807) is 20.3 Å². The fourth-order valence-electron chi connectivity index (χ4n) is 1.74. The molecule has 0 radical (unpaired) electrons.